The van der Waals surface area contributed by atoms with Gasteiger partial charge in [-0.3, -0.25) is 9.59 Å². The molecule has 7 nitrogen and oxygen atoms in total. The Morgan fingerprint density at radius 2 is 1.61 bits per heavy atom. The second-order valence-electron chi connectivity index (χ2n) is 8.01. The van der Waals surface area contributed by atoms with Crippen LogP contribution in [0.3, 0.4) is 0 Å². The van der Waals surface area contributed by atoms with Gasteiger partial charge in [-0.05, 0) is 42.0 Å². The number of carbonyl (C=O) groups excluding carboxylic acids is 3. The van der Waals surface area contributed by atoms with Crippen molar-refractivity contribution >= 4 is 17.9 Å². The number of aryl methyl sites for hydroxylation is 2. The standard InChI is InChI=1S/C24H31N3O4/c1-15(2)21(27-24(30)31-14-18-8-6-5-7-9-18)23(29)26-20(22(25)28)13-19-11-10-16(3)17(4)12-19/h5-12,15,20-21H,13-14H2,1-4H3,(H2,25,28)(H,26,29)(H,27,30)/t20-,21-/m0/s1. The van der Waals surface area contributed by atoms with Gasteiger partial charge in [0.25, 0.3) is 0 Å². The summed E-state index contributed by atoms with van der Waals surface area (Å²) in [4.78, 5) is 37.0. The number of carbonyl (C=O) groups is 3. The van der Waals surface area contributed by atoms with Gasteiger partial charge in [0.05, 0.1) is 0 Å². The minimum atomic E-state index is -0.891. The molecule has 2 aromatic carbocycles. The highest BCUT2D eigenvalue weighted by atomic mass is 16.5. The van der Waals surface area contributed by atoms with Crippen LogP contribution < -0.4 is 16.4 Å². The lowest BCUT2D eigenvalue weighted by Crippen LogP contribution is -2.55. The molecule has 7 heteroatoms. The Bertz CT molecular complexity index is 912. The first-order valence-corrected chi connectivity index (χ1v) is 10.3. The average Bonchev–Trinajstić information content (AvgIpc) is 2.73. The lowest BCUT2D eigenvalue weighted by atomic mass is 9.99. The molecule has 0 aliphatic rings. The van der Waals surface area contributed by atoms with Crippen molar-refractivity contribution < 1.29 is 19.1 Å². The molecule has 0 saturated carbocycles. The van der Waals surface area contributed by atoms with Gasteiger partial charge in [-0.2, -0.15) is 0 Å². The third-order valence-corrected chi connectivity index (χ3v) is 5.11. The second kappa shape index (κ2) is 11.2. The minimum Gasteiger partial charge on any atom is -0.445 e. The van der Waals surface area contributed by atoms with Gasteiger partial charge in [0, 0.05) is 6.42 Å². The van der Waals surface area contributed by atoms with E-state index in [9.17, 15) is 14.4 Å². The summed E-state index contributed by atoms with van der Waals surface area (Å²) in [6.45, 7) is 7.67. The third kappa shape index (κ3) is 7.44. The monoisotopic (exact) mass is 425 g/mol. The molecule has 0 aliphatic heterocycles. The van der Waals surface area contributed by atoms with Crippen LogP contribution in [0.5, 0.6) is 0 Å². The number of hydrogen-bond acceptors (Lipinski definition) is 4. The van der Waals surface area contributed by atoms with Gasteiger partial charge in [0.2, 0.25) is 11.8 Å². The Morgan fingerprint density at radius 3 is 2.19 bits per heavy atom. The van der Waals surface area contributed by atoms with Crippen LogP contribution in [0.2, 0.25) is 0 Å². The van der Waals surface area contributed by atoms with E-state index >= 15 is 0 Å². The molecule has 0 heterocycles. The molecule has 2 aromatic rings. The number of nitrogens with one attached hydrogen (secondary N) is 2. The zero-order chi connectivity index (χ0) is 23.0. The van der Waals surface area contributed by atoms with Crippen LogP contribution in [0.15, 0.2) is 48.5 Å². The van der Waals surface area contributed by atoms with Crippen molar-refractivity contribution in [1.82, 2.24) is 10.6 Å². The number of nitrogens with two attached hydrogens (primary N) is 1. The molecule has 3 amide bonds. The van der Waals surface area contributed by atoms with Crippen LogP contribution in [0.25, 0.3) is 0 Å². The molecule has 0 saturated heterocycles. The van der Waals surface area contributed by atoms with Crippen LogP contribution in [-0.4, -0.2) is 30.0 Å². The number of primary amides is 1. The lowest BCUT2D eigenvalue weighted by molar-refractivity contribution is -0.129. The van der Waals surface area contributed by atoms with E-state index in [1.54, 1.807) is 13.8 Å². The summed E-state index contributed by atoms with van der Waals surface area (Å²) in [6.07, 6.45) is -0.437. The molecule has 4 N–H and O–H groups in total. The Labute approximate surface area is 183 Å². The highest BCUT2D eigenvalue weighted by Crippen LogP contribution is 2.12. The average molecular weight is 426 g/mol. The van der Waals surface area contributed by atoms with E-state index in [4.69, 9.17) is 10.5 Å². The van der Waals surface area contributed by atoms with E-state index in [1.807, 2.05) is 62.4 Å². The molecule has 0 fully saturated rings. The van der Waals surface area contributed by atoms with Gasteiger partial charge in [-0.25, -0.2) is 4.79 Å². The Kier molecular flexibility index (Phi) is 8.61. The molecule has 2 atom stereocenters. The van der Waals surface area contributed by atoms with Crippen molar-refractivity contribution in [3.8, 4) is 0 Å². The van der Waals surface area contributed by atoms with Crippen LogP contribution in [-0.2, 0) is 27.4 Å². The number of hydrogen-bond donors (Lipinski definition) is 3. The zero-order valence-corrected chi connectivity index (χ0v) is 18.5. The van der Waals surface area contributed by atoms with Crippen molar-refractivity contribution in [2.24, 2.45) is 11.7 Å². The van der Waals surface area contributed by atoms with Crippen LogP contribution in [0, 0.1) is 19.8 Å². The van der Waals surface area contributed by atoms with E-state index in [0.717, 1.165) is 22.3 Å². The first-order chi connectivity index (χ1) is 14.7. The first kappa shape index (κ1) is 23.9. The number of alkyl carbamates (subject to hydrolysis) is 1. The van der Waals surface area contributed by atoms with Crippen LogP contribution in [0.1, 0.15) is 36.1 Å². The molecule has 31 heavy (non-hydrogen) atoms. The van der Waals surface area contributed by atoms with Crippen LogP contribution >= 0.6 is 0 Å². The fourth-order valence-corrected chi connectivity index (χ4v) is 3.08. The van der Waals surface area contributed by atoms with Gasteiger partial charge >= 0.3 is 6.09 Å². The largest absolute Gasteiger partial charge is 0.445 e. The molecule has 0 unspecified atom stereocenters. The SMILES string of the molecule is Cc1ccc(C[C@H](NC(=O)[C@@H](NC(=O)OCc2ccccc2)C(C)C)C(N)=O)cc1C. The van der Waals surface area contributed by atoms with E-state index < -0.39 is 30.0 Å². The van der Waals surface area contributed by atoms with Crippen molar-refractivity contribution in [3.63, 3.8) is 0 Å². The summed E-state index contributed by atoms with van der Waals surface area (Å²) in [5, 5.41) is 5.26. The number of ether oxygens (including phenoxy) is 1. The maximum Gasteiger partial charge on any atom is 0.408 e. The normalized spacial score (nSPS) is 12.7. The van der Waals surface area contributed by atoms with Gasteiger partial charge in [0.1, 0.15) is 18.7 Å². The molecular formula is C24H31N3O4. The predicted molar refractivity (Wildman–Crippen MR) is 119 cm³/mol. The first-order valence-electron chi connectivity index (χ1n) is 10.3. The molecule has 0 radical (unpaired) electrons. The number of rotatable bonds is 9. The topological polar surface area (TPSA) is 111 Å². The van der Waals surface area contributed by atoms with E-state index in [0.29, 0.717) is 0 Å². The Hall–Kier alpha value is -3.35. The maximum atomic E-state index is 12.8. The Morgan fingerprint density at radius 1 is 0.935 bits per heavy atom. The maximum absolute atomic E-state index is 12.8. The quantitative estimate of drug-likeness (QED) is 0.574. The van der Waals surface area contributed by atoms with Crippen molar-refractivity contribution in [3.05, 3.63) is 70.8 Å². The smallest absolute Gasteiger partial charge is 0.408 e. The number of amides is 3. The minimum absolute atomic E-state index is 0.0930. The van der Waals surface area contributed by atoms with E-state index in [2.05, 4.69) is 10.6 Å². The summed E-state index contributed by atoms with van der Waals surface area (Å²) in [5.74, 6) is -1.35. The highest BCUT2D eigenvalue weighted by molar-refractivity contribution is 5.91. The molecule has 0 aliphatic carbocycles. The highest BCUT2D eigenvalue weighted by Gasteiger charge is 2.28. The van der Waals surface area contributed by atoms with Crippen LogP contribution in [0.4, 0.5) is 4.79 Å². The summed E-state index contributed by atoms with van der Waals surface area (Å²) in [5.41, 5.74) is 9.49. The molecule has 0 aromatic heterocycles. The summed E-state index contributed by atoms with van der Waals surface area (Å²) in [6, 6.07) is 13.3. The third-order valence-electron chi connectivity index (χ3n) is 5.11. The molecule has 2 rings (SSSR count). The summed E-state index contributed by atoms with van der Waals surface area (Å²) in [7, 11) is 0. The summed E-state index contributed by atoms with van der Waals surface area (Å²) < 4.78 is 5.21. The van der Waals surface area contributed by atoms with Crippen molar-refractivity contribution in [2.75, 3.05) is 0 Å². The van der Waals surface area contributed by atoms with E-state index in [-0.39, 0.29) is 18.9 Å². The molecule has 0 bridgehead atoms. The summed E-state index contributed by atoms with van der Waals surface area (Å²) >= 11 is 0. The predicted octanol–water partition coefficient (Wildman–Crippen LogP) is 2.77. The fraction of sp³-hybridized carbons (Fsp3) is 0.375. The lowest BCUT2D eigenvalue weighted by Gasteiger charge is -2.24. The number of benzene rings is 2. The van der Waals surface area contributed by atoms with Gasteiger partial charge in [-0.15, -0.1) is 0 Å². The molecule has 0 spiro atoms. The van der Waals surface area contributed by atoms with Gasteiger partial charge < -0.3 is 21.1 Å². The van der Waals surface area contributed by atoms with Gasteiger partial charge in [-0.1, -0.05) is 62.4 Å². The fourth-order valence-electron chi connectivity index (χ4n) is 3.08. The second-order valence-corrected chi connectivity index (χ2v) is 8.01. The van der Waals surface area contributed by atoms with Crippen molar-refractivity contribution in [1.29, 1.82) is 0 Å². The van der Waals surface area contributed by atoms with Gasteiger partial charge in [0.15, 0.2) is 0 Å². The molecule has 166 valence electrons. The zero-order valence-electron chi connectivity index (χ0n) is 18.5. The van der Waals surface area contributed by atoms with Crippen molar-refractivity contribution in [2.45, 2.75) is 52.8 Å². The van der Waals surface area contributed by atoms with E-state index in [1.165, 1.54) is 0 Å². The Balaban J connectivity index is 2.00. The molecular weight excluding hydrogens is 394 g/mol.